The first-order chi connectivity index (χ1) is 34.1. The molecule has 0 bridgehead atoms. The zero-order chi connectivity index (χ0) is 47.4. The molecular weight excluding hydrogens is 819 g/mol. The molecule has 0 N–H and O–H groups in total. The van der Waals surface area contributed by atoms with Gasteiger partial charge in [0.25, 0.3) is 0 Å². The summed E-state index contributed by atoms with van der Waals surface area (Å²) < 4.78 is 40.8. The fraction of sp³-hybridized carbons (Fsp3) is 0.0645. The van der Waals surface area contributed by atoms with E-state index in [0.29, 0.717) is 11.2 Å². The quantitative estimate of drug-likeness (QED) is 0.160. The monoisotopic (exact) mass is 866 g/mol. The highest BCUT2D eigenvalue weighted by Gasteiger charge is 2.25. The Morgan fingerprint density at radius 2 is 0.851 bits per heavy atom. The third-order valence-electron chi connectivity index (χ3n) is 13.6. The summed E-state index contributed by atoms with van der Waals surface area (Å²) in [6.45, 7) is 4.05. The molecule has 67 heavy (non-hydrogen) atoms. The standard InChI is InChI=1S/C62H45N3O2/c1-38-16-8-10-26-53(38)64(55-28-14-24-50-48-22-12-18-40(3)59(48)66-61(50)55)45-31-30-42-35-52-47-33-32-46(37-58(47)63(44-20-6-5-7-21-44)57(52)36-43(42)34-45)65(54-27-11-9-17-39(54)2)56-29-15-25-51-49-23-13-19-41(4)60(49)67-62(51)56/h5-37H,1-4H3/i3D3. The van der Waals surface area contributed by atoms with E-state index in [9.17, 15) is 0 Å². The maximum absolute atomic E-state index is 8.32. The van der Waals surface area contributed by atoms with E-state index in [4.69, 9.17) is 12.9 Å². The Morgan fingerprint density at radius 1 is 0.358 bits per heavy atom. The summed E-state index contributed by atoms with van der Waals surface area (Å²) in [6, 6.07) is 69.9. The average Bonchev–Trinajstić information content (AvgIpc) is 4.05. The normalized spacial score (nSPS) is 12.7. The number of rotatable bonds is 7. The molecule has 0 saturated heterocycles. The second-order valence-electron chi connectivity index (χ2n) is 17.7. The predicted octanol–water partition coefficient (Wildman–Crippen LogP) is 17.9. The summed E-state index contributed by atoms with van der Waals surface area (Å²) in [5, 5.41) is 8.29. The highest BCUT2D eigenvalue weighted by molar-refractivity contribution is 6.16. The van der Waals surface area contributed by atoms with Gasteiger partial charge in [-0.1, -0.05) is 127 Å². The lowest BCUT2D eigenvalue weighted by Crippen LogP contribution is -2.11. The number of anilines is 6. The van der Waals surface area contributed by atoms with E-state index >= 15 is 0 Å². The second kappa shape index (κ2) is 15.0. The van der Waals surface area contributed by atoms with Gasteiger partial charge in [-0.25, -0.2) is 0 Å². The number of aromatic nitrogens is 1. The molecule has 0 amide bonds. The third-order valence-corrected chi connectivity index (χ3v) is 13.6. The molecule has 0 spiro atoms. The molecule has 0 aliphatic carbocycles. The summed E-state index contributed by atoms with van der Waals surface area (Å²) in [6.07, 6.45) is 0. The predicted molar refractivity (Wildman–Crippen MR) is 281 cm³/mol. The van der Waals surface area contributed by atoms with Crippen molar-refractivity contribution in [3.63, 3.8) is 0 Å². The zero-order valence-corrected chi connectivity index (χ0v) is 37.2. The van der Waals surface area contributed by atoms with Crippen LogP contribution in [0, 0.1) is 27.6 Å². The first kappa shape index (κ1) is 35.8. The highest BCUT2D eigenvalue weighted by Crippen LogP contribution is 2.47. The van der Waals surface area contributed by atoms with Crippen LogP contribution in [0.2, 0.25) is 0 Å². The van der Waals surface area contributed by atoms with E-state index in [1.165, 1.54) is 0 Å². The second-order valence-corrected chi connectivity index (χ2v) is 17.7. The van der Waals surface area contributed by atoms with E-state index in [0.717, 1.165) is 122 Å². The molecule has 13 aromatic rings. The molecule has 0 aliphatic rings. The van der Waals surface area contributed by atoms with Crippen molar-refractivity contribution in [1.29, 1.82) is 0 Å². The minimum atomic E-state index is -2.33. The number of aryl methyl sites for hydroxylation is 4. The maximum atomic E-state index is 8.32. The van der Waals surface area contributed by atoms with Crippen LogP contribution in [0.15, 0.2) is 209 Å². The summed E-state index contributed by atoms with van der Waals surface area (Å²) in [4.78, 5) is 4.58. The fourth-order valence-corrected chi connectivity index (χ4v) is 10.4. The van der Waals surface area contributed by atoms with Gasteiger partial charge in [0.1, 0.15) is 11.2 Å². The molecule has 5 heteroatoms. The number of benzene rings is 10. The summed E-state index contributed by atoms with van der Waals surface area (Å²) in [7, 11) is 0. The van der Waals surface area contributed by atoms with Crippen LogP contribution in [0.4, 0.5) is 34.1 Å². The molecule has 0 saturated carbocycles. The molecule has 0 aliphatic heterocycles. The van der Waals surface area contributed by atoms with E-state index < -0.39 is 6.85 Å². The molecule has 3 aromatic heterocycles. The summed E-state index contributed by atoms with van der Waals surface area (Å²) in [5.41, 5.74) is 15.3. The van der Waals surface area contributed by atoms with Crippen molar-refractivity contribution in [2.24, 2.45) is 0 Å². The van der Waals surface area contributed by atoms with Gasteiger partial charge in [0.15, 0.2) is 11.2 Å². The summed E-state index contributed by atoms with van der Waals surface area (Å²) in [5.74, 6) is 0. The van der Waals surface area contributed by atoms with Crippen LogP contribution in [-0.4, -0.2) is 4.57 Å². The van der Waals surface area contributed by atoms with Crippen molar-refractivity contribution in [2.75, 3.05) is 9.80 Å². The largest absolute Gasteiger partial charge is 0.454 e. The van der Waals surface area contributed by atoms with Crippen LogP contribution in [0.3, 0.4) is 0 Å². The Kier molecular flexibility index (Phi) is 8.01. The van der Waals surface area contributed by atoms with E-state index in [2.05, 4.69) is 199 Å². The van der Waals surface area contributed by atoms with Crippen LogP contribution in [0.25, 0.3) is 82.1 Å². The third kappa shape index (κ3) is 6.01. The number of hydrogen-bond donors (Lipinski definition) is 0. The molecule has 320 valence electrons. The first-order valence-corrected chi connectivity index (χ1v) is 22.8. The van der Waals surface area contributed by atoms with Gasteiger partial charge in [0, 0.05) is 64.9 Å². The van der Waals surface area contributed by atoms with Crippen LogP contribution >= 0.6 is 0 Å². The molecule has 0 atom stereocenters. The number of nitrogens with zero attached hydrogens (tertiary/aromatic N) is 3. The van der Waals surface area contributed by atoms with Crippen LogP contribution < -0.4 is 9.80 Å². The molecule has 0 fully saturated rings. The number of furan rings is 2. The lowest BCUT2D eigenvalue weighted by molar-refractivity contribution is 0.665. The Bertz CT molecular complexity index is 4240. The smallest absolute Gasteiger partial charge is 0.159 e. The Balaban J connectivity index is 1.03. The molecule has 3 heterocycles. The van der Waals surface area contributed by atoms with Gasteiger partial charge in [-0.2, -0.15) is 0 Å². The maximum Gasteiger partial charge on any atom is 0.159 e. The Hall–Kier alpha value is -8.54. The van der Waals surface area contributed by atoms with Crippen molar-refractivity contribution in [3.8, 4) is 5.69 Å². The lowest BCUT2D eigenvalue weighted by atomic mass is 10.0. The molecule has 0 radical (unpaired) electrons. The topological polar surface area (TPSA) is 37.7 Å². The van der Waals surface area contributed by atoms with Crippen molar-refractivity contribution in [1.82, 2.24) is 4.57 Å². The fourth-order valence-electron chi connectivity index (χ4n) is 10.4. The van der Waals surface area contributed by atoms with Gasteiger partial charge < -0.3 is 23.2 Å². The van der Waals surface area contributed by atoms with Gasteiger partial charge in [0.2, 0.25) is 0 Å². The van der Waals surface area contributed by atoms with Crippen LogP contribution in [-0.2, 0) is 0 Å². The molecule has 5 nitrogen and oxygen atoms in total. The average molecular weight is 867 g/mol. The van der Waals surface area contributed by atoms with Crippen LogP contribution in [0.1, 0.15) is 26.4 Å². The Labute approximate surface area is 392 Å². The van der Waals surface area contributed by atoms with E-state index in [1.807, 2.05) is 24.3 Å². The van der Waals surface area contributed by atoms with E-state index in [-0.39, 0.29) is 5.56 Å². The SMILES string of the molecule is [2H]C([2H])([2H])c1cccc2c1oc1c(N(c3ccc4cc5c6ccc(N(c7ccccc7C)c7cccc8c7oc7c(C)cccc78)cc6n(-c6ccccc6)c5cc4c3)c3ccccc3C)cccc12. The van der Waals surface area contributed by atoms with Gasteiger partial charge in [-0.15, -0.1) is 0 Å². The van der Waals surface area contributed by atoms with Gasteiger partial charge in [0.05, 0.1) is 22.4 Å². The van der Waals surface area contributed by atoms with Gasteiger partial charge in [-0.05, 0) is 133 Å². The Morgan fingerprint density at radius 3 is 1.48 bits per heavy atom. The van der Waals surface area contributed by atoms with Crippen molar-refractivity contribution < 1.29 is 12.9 Å². The van der Waals surface area contributed by atoms with Crippen molar-refractivity contribution >= 4 is 111 Å². The molecule has 10 aromatic carbocycles. The van der Waals surface area contributed by atoms with E-state index in [1.54, 1.807) is 12.1 Å². The van der Waals surface area contributed by atoms with Gasteiger partial charge >= 0.3 is 0 Å². The molecule has 13 rings (SSSR count). The van der Waals surface area contributed by atoms with Gasteiger partial charge in [-0.3, -0.25) is 0 Å². The van der Waals surface area contributed by atoms with Crippen molar-refractivity contribution in [3.05, 3.63) is 222 Å². The number of hydrogen-bond acceptors (Lipinski definition) is 4. The highest BCUT2D eigenvalue weighted by atomic mass is 16.3. The first-order valence-electron chi connectivity index (χ1n) is 24.3. The summed E-state index contributed by atoms with van der Waals surface area (Å²) >= 11 is 0. The zero-order valence-electron chi connectivity index (χ0n) is 40.2. The lowest BCUT2D eigenvalue weighted by Gasteiger charge is -2.27. The van der Waals surface area contributed by atoms with Crippen molar-refractivity contribution in [2.45, 2.75) is 27.6 Å². The molecular formula is C62H45N3O2. The van der Waals surface area contributed by atoms with Crippen LogP contribution in [0.5, 0.6) is 0 Å². The minimum Gasteiger partial charge on any atom is -0.454 e. The minimum absolute atomic E-state index is 0.201. The molecule has 0 unspecified atom stereocenters. The number of fused-ring (bicyclic) bond motifs is 10. The number of para-hydroxylation sites is 7.